The van der Waals surface area contributed by atoms with Crippen molar-refractivity contribution < 1.29 is 9.59 Å². The van der Waals surface area contributed by atoms with E-state index in [2.05, 4.69) is 32.4 Å². The number of unbranched alkanes of at least 4 members (excludes halogenated alkanes) is 1. The second kappa shape index (κ2) is 13.4. The maximum absolute atomic E-state index is 12.4. The first kappa shape index (κ1) is 26.1. The predicted molar refractivity (Wildman–Crippen MR) is 138 cm³/mol. The summed E-state index contributed by atoms with van der Waals surface area (Å²) in [7, 11) is 0. The van der Waals surface area contributed by atoms with Gasteiger partial charge in [0.05, 0.1) is 5.75 Å². The van der Waals surface area contributed by atoms with E-state index in [1.165, 1.54) is 17.3 Å². The Morgan fingerprint density at radius 1 is 1.15 bits per heavy atom. The molecule has 1 aromatic carbocycles. The minimum atomic E-state index is -0.0672. The first-order chi connectivity index (χ1) is 16.5. The summed E-state index contributed by atoms with van der Waals surface area (Å²) in [5.74, 6) is 0.865. The van der Waals surface area contributed by atoms with Gasteiger partial charge in [-0.3, -0.25) is 4.79 Å². The highest BCUT2D eigenvalue weighted by Gasteiger charge is 2.28. The van der Waals surface area contributed by atoms with Crippen LogP contribution in [-0.2, 0) is 11.2 Å². The number of benzene rings is 1. The van der Waals surface area contributed by atoms with Crippen LogP contribution in [0.5, 0.6) is 0 Å². The molecule has 1 aliphatic rings. The number of thioether (sulfide) groups is 1. The standard InChI is InChI=1S/C24H33ClN6O2S/c1-3-4-11-27-24(33)31-14-13-30(16-18(31)2)21-15-20(25)28-23(29-21)34-17-22(32)26-12-10-19-8-6-5-7-9-19/h5-9,15,18H,3-4,10-14,16-17H2,1-2H3,(H,26,32)(H,27,33). The molecule has 2 heterocycles. The Bertz CT molecular complexity index is 948. The lowest BCUT2D eigenvalue weighted by atomic mass is 10.1. The van der Waals surface area contributed by atoms with E-state index in [-0.39, 0.29) is 23.7 Å². The van der Waals surface area contributed by atoms with Crippen molar-refractivity contribution in [3.63, 3.8) is 0 Å². The zero-order valence-electron chi connectivity index (χ0n) is 19.8. The van der Waals surface area contributed by atoms with E-state index in [1.807, 2.05) is 42.2 Å². The smallest absolute Gasteiger partial charge is 0.317 e. The number of carbonyl (C=O) groups excluding carboxylic acids is 2. The molecule has 3 rings (SSSR count). The lowest BCUT2D eigenvalue weighted by molar-refractivity contribution is -0.118. The first-order valence-corrected chi connectivity index (χ1v) is 13.1. The summed E-state index contributed by atoms with van der Waals surface area (Å²) in [5.41, 5.74) is 1.19. The number of nitrogens with one attached hydrogen (secondary N) is 2. The predicted octanol–water partition coefficient (Wildman–Crippen LogP) is 3.60. The summed E-state index contributed by atoms with van der Waals surface area (Å²) in [6, 6.07) is 11.8. The van der Waals surface area contributed by atoms with E-state index >= 15 is 0 Å². The molecule has 0 saturated carbocycles. The van der Waals surface area contributed by atoms with E-state index in [9.17, 15) is 9.59 Å². The van der Waals surface area contributed by atoms with Gasteiger partial charge < -0.3 is 20.4 Å². The molecule has 184 valence electrons. The minimum Gasteiger partial charge on any atom is -0.355 e. The molecule has 0 spiro atoms. The molecule has 1 unspecified atom stereocenters. The molecule has 0 radical (unpaired) electrons. The number of carbonyl (C=O) groups is 2. The quantitative estimate of drug-likeness (QED) is 0.222. The molecule has 34 heavy (non-hydrogen) atoms. The molecule has 1 aromatic heterocycles. The van der Waals surface area contributed by atoms with Gasteiger partial charge in [0.1, 0.15) is 11.0 Å². The molecule has 1 fully saturated rings. The molecule has 1 atom stereocenters. The molecule has 0 bridgehead atoms. The number of urea groups is 1. The fraction of sp³-hybridized carbons (Fsp3) is 0.500. The zero-order chi connectivity index (χ0) is 24.3. The highest BCUT2D eigenvalue weighted by Crippen LogP contribution is 2.24. The fourth-order valence-electron chi connectivity index (χ4n) is 3.73. The van der Waals surface area contributed by atoms with Crippen molar-refractivity contribution in [2.75, 3.05) is 43.4 Å². The number of halogens is 1. The van der Waals surface area contributed by atoms with Gasteiger partial charge in [0.25, 0.3) is 0 Å². The molecule has 2 aromatic rings. The monoisotopic (exact) mass is 504 g/mol. The van der Waals surface area contributed by atoms with Crippen molar-refractivity contribution >= 4 is 41.1 Å². The van der Waals surface area contributed by atoms with Gasteiger partial charge in [-0.2, -0.15) is 0 Å². The zero-order valence-corrected chi connectivity index (χ0v) is 21.4. The number of amides is 3. The van der Waals surface area contributed by atoms with Crippen LogP contribution in [-0.4, -0.2) is 71.3 Å². The molecule has 3 amide bonds. The van der Waals surface area contributed by atoms with E-state index in [1.54, 1.807) is 6.07 Å². The van der Waals surface area contributed by atoms with Gasteiger partial charge in [0.15, 0.2) is 5.16 Å². The Labute approximate surface area is 210 Å². The lowest BCUT2D eigenvalue weighted by Crippen LogP contribution is -2.56. The summed E-state index contributed by atoms with van der Waals surface area (Å²) >= 11 is 7.52. The van der Waals surface area contributed by atoms with E-state index in [4.69, 9.17) is 11.6 Å². The average molecular weight is 505 g/mol. The molecular formula is C24H33ClN6O2S. The number of anilines is 1. The molecule has 10 heteroatoms. The Hall–Kier alpha value is -2.52. The fourth-order valence-corrected chi connectivity index (χ4v) is 4.64. The van der Waals surface area contributed by atoms with Crippen LogP contribution < -0.4 is 15.5 Å². The highest BCUT2D eigenvalue weighted by molar-refractivity contribution is 7.99. The van der Waals surface area contributed by atoms with Crippen LogP contribution >= 0.6 is 23.4 Å². The summed E-state index contributed by atoms with van der Waals surface area (Å²) in [5, 5.41) is 6.72. The Morgan fingerprint density at radius 2 is 1.94 bits per heavy atom. The van der Waals surface area contributed by atoms with Crippen LogP contribution in [0, 0.1) is 0 Å². The third-order valence-corrected chi connectivity index (χ3v) is 6.63. The molecular weight excluding hydrogens is 472 g/mol. The van der Waals surface area contributed by atoms with Crippen LogP contribution in [0.1, 0.15) is 32.3 Å². The van der Waals surface area contributed by atoms with Gasteiger partial charge in [-0.25, -0.2) is 14.8 Å². The van der Waals surface area contributed by atoms with Crippen molar-refractivity contribution in [3.8, 4) is 0 Å². The van der Waals surface area contributed by atoms with Gasteiger partial charge >= 0.3 is 6.03 Å². The van der Waals surface area contributed by atoms with Gasteiger partial charge in [0, 0.05) is 44.8 Å². The van der Waals surface area contributed by atoms with Crippen molar-refractivity contribution in [1.29, 1.82) is 0 Å². The number of aromatic nitrogens is 2. The van der Waals surface area contributed by atoms with Gasteiger partial charge in [-0.1, -0.05) is 67.0 Å². The Kier molecular flexibility index (Phi) is 10.3. The average Bonchev–Trinajstić information content (AvgIpc) is 2.83. The summed E-state index contributed by atoms with van der Waals surface area (Å²) < 4.78 is 0. The third kappa shape index (κ3) is 8.06. The van der Waals surface area contributed by atoms with Crippen molar-refractivity contribution in [2.45, 2.75) is 44.3 Å². The van der Waals surface area contributed by atoms with Crippen LogP contribution in [0.3, 0.4) is 0 Å². The van der Waals surface area contributed by atoms with Crippen LogP contribution in [0.15, 0.2) is 41.6 Å². The maximum atomic E-state index is 12.4. The van der Waals surface area contributed by atoms with Crippen LogP contribution in [0.25, 0.3) is 0 Å². The topological polar surface area (TPSA) is 90.5 Å². The van der Waals surface area contributed by atoms with Gasteiger partial charge in [0.2, 0.25) is 5.91 Å². The van der Waals surface area contributed by atoms with E-state index in [0.717, 1.165) is 19.3 Å². The van der Waals surface area contributed by atoms with Crippen molar-refractivity contribution in [3.05, 3.63) is 47.1 Å². The summed E-state index contributed by atoms with van der Waals surface area (Å²) in [6.07, 6.45) is 2.81. The van der Waals surface area contributed by atoms with Crippen LogP contribution in [0.4, 0.5) is 10.6 Å². The largest absolute Gasteiger partial charge is 0.355 e. The number of hydrogen-bond donors (Lipinski definition) is 2. The maximum Gasteiger partial charge on any atom is 0.317 e. The van der Waals surface area contributed by atoms with E-state index in [0.29, 0.717) is 48.9 Å². The lowest BCUT2D eigenvalue weighted by Gasteiger charge is -2.40. The number of rotatable bonds is 10. The number of hydrogen-bond acceptors (Lipinski definition) is 6. The molecule has 8 nitrogen and oxygen atoms in total. The SMILES string of the molecule is CCCCNC(=O)N1CCN(c2cc(Cl)nc(SCC(=O)NCCc3ccccc3)n2)CC1C. The highest BCUT2D eigenvalue weighted by atomic mass is 35.5. The molecule has 2 N–H and O–H groups in total. The van der Waals surface area contributed by atoms with Gasteiger partial charge in [-0.15, -0.1) is 0 Å². The van der Waals surface area contributed by atoms with Crippen LogP contribution in [0.2, 0.25) is 5.15 Å². The summed E-state index contributed by atoms with van der Waals surface area (Å²) in [4.78, 5) is 37.5. The van der Waals surface area contributed by atoms with Crippen molar-refractivity contribution in [1.82, 2.24) is 25.5 Å². The first-order valence-electron chi connectivity index (χ1n) is 11.7. The van der Waals surface area contributed by atoms with Crippen molar-refractivity contribution in [2.24, 2.45) is 0 Å². The molecule has 0 aliphatic carbocycles. The second-order valence-electron chi connectivity index (χ2n) is 8.28. The molecule has 1 saturated heterocycles. The van der Waals surface area contributed by atoms with Gasteiger partial charge in [-0.05, 0) is 25.3 Å². The second-order valence-corrected chi connectivity index (χ2v) is 9.61. The number of nitrogens with zero attached hydrogens (tertiary/aromatic N) is 4. The van der Waals surface area contributed by atoms with E-state index < -0.39 is 0 Å². The minimum absolute atomic E-state index is 0.0177. The normalized spacial score (nSPS) is 15.8. The molecule has 1 aliphatic heterocycles. The summed E-state index contributed by atoms with van der Waals surface area (Å²) in [6.45, 7) is 7.33. The Morgan fingerprint density at radius 3 is 2.68 bits per heavy atom. The number of piperazine rings is 1. The third-order valence-electron chi connectivity index (χ3n) is 5.59. The Balaban J connectivity index is 1.48.